The van der Waals surface area contributed by atoms with Gasteiger partial charge in [0.15, 0.2) is 69.3 Å². The van der Waals surface area contributed by atoms with Gasteiger partial charge in [-0.25, -0.2) is 19.2 Å². The van der Waals surface area contributed by atoms with Crippen LogP contribution >= 0.6 is 15.9 Å². The van der Waals surface area contributed by atoms with E-state index >= 15 is 0 Å². The van der Waals surface area contributed by atoms with Crippen molar-refractivity contribution in [2.75, 3.05) is 63.5 Å². The number of methoxy groups -OCH3 is 8. The highest BCUT2D eigenvalue weighted by molar-refractivity contribution is 9.09. The van der Waals surface area contributed by atoms with Gasteiger partial charge in [0, 0.05) is 0 Å². The Morgan fingerprint density at radius 1 is 0.433 bits per heavy atom. The van der Waals surface area contributed by atoms with Gasteiger partial charge in [-0.3, -0.25) is 0 Å². The van der Waals surface area contributed by atoms with Gasteiger partial charge in [-0.2, -0.15) is 0 Å². The highest BCUT2D eigenvalue weighted by Gasteiger charge is 2.52. The molecular weight excluding hydrogens is 856 g/mol. The molecule has 0 amide bonds. The predicted octanol–water partition coefficient (Wildman–Crippen LogP) is 5.71. The Hall–Kier alpha value is -6.40. The van der Waals surface area contributed by atoms with Crippen molar-refractivity contribution >= 4 is 39.8 Å². The molecule has 5 atom stereocenters. The molecule has 1 aliphatic heterocycles. The van der Waals surface area contributed by atoms with Gasteiger partial charge >= 0.3 is 23.9 Å². The van der Waals surface area contributed by atoms with E-state index in [1.807, 2.05) is 0 Å². The van der Waals surface area contributed by atoms with Crippen molar-refractivity contribution in [3.8, 4) is 46.0 Å². The van der Waals surface area contributed by atoms with Gasteiger partial charge in [0.1, 0.15) is 12.7 Å². The van der Waals surface area contributed by atoms with Gasteiger partial charge in [0.05, 0.1) is 79.1 Å². The Morgan fingerprint density at radius 2 is 0.733 bits per heavy atom. The van der Waals surface area contributed by atoms with Crippen molar-refractivity contribution in [2.24, 2.45) is 0 Å². The fourth-order valence-corrected chi connectivity index (χ4v) is 6.76. The number of carbonyl (C=O) groups excluding carboxylic acids is 4. The highest BCUT2D eigenvalue weighted by Crippen LogP contribution is 2.36. The summed E-state index contributed by atoms with van der Waals surface area (Å²) in [6, 6.07) is 17.3. The maximum atomic E-state index is 14.0. The zero-order chi connectivity index (χ0) is 43.5. The lowest BCUT2D eigenvalue weighted by atomic mass is 9.98. The Labute approximate surface area is 353 Å². The molecule has 0 bridgehead atoms. The summed E-state index contributed by atoms with van der Waals surface area (Å²) >= 11 is 3.42. The molecule has 1 fully saturated rings. The van der Waals surface area contributed by atoms with Crippen molar-refractivity contribution in [3.63, 3.8) is 0 Å². The van der Waals surface area contributed by atoms with Gasteiger partial charge in [-0.15, -0.1) is 0 Å². The van der Waals surface area contributed by atoms with Crippen LogP contribution in [0.2, 0.25) is 0 Å². The van der Waals surface area contributed by atoms with Crippen LogP contribution in [0.15, 0.2) is 72.8 Å². The Balaban J connectivity index is 1.56. The molecule has 0 spiro atoms. The van der Waals surface area contributed by atoms with Gasteiger partial charge in [0.25, 0.3) is 0 Å². The number of alkyl halides is 1. The van der Waals surface area contributed by atoms with Crippen LogP contribution in [0.4, 0.5) is 0 Å². The molecule has 0 N–H and O–H groups in total. The van der Waals surface area contributed by atoms with Crippen LogP contribution in [0, 0.1) is 0 Å². The largest absolute Gasteiger partial charge is 0.493 e. The van der Waals surface area contributed by atoms with Crippen LogP contribution in [0.1, 0.15) is 41.4 Å². The van der Waals surface area contributed by atoms with E-state index in [1.54, 1.807) is 0 Å². The number of benzene rings is 4. The van der Waals surface area contributed by atoms with Crippen LogP contribution in [-0.2, 0) is 23.7 Å². The molecular formula is C42H43BrO17. The highest BCUT2D eigenvalue weighted by atomic mass is 79.9. The number of hydrogen-bond donors (Lipinski definition) is 0. The summed E-state index contributed by atoms with van der Waals surface area (Å²) in [6.45, 7) is -0.556. The fraction of sp³-hybridized carbons (Fsp3) is 0.333. The lowest BCUT2D eigenvalue weighted by Crippen LogP contribution is -2.61. The molecule has 1 unspecified atom stereocenters. The number of ether oxygens (including phenoxy) is 13. The van der Waals surface area contributed by atoms with E-state index in [2.05, 4.69) is 15.9 Å². The molecule has 60 heavy (non-hydrogen) atoms. The second kappa shape index (κ2) is 20.5. The van der Waals surface area contributed by atoms with Crippen molar-refractivity contribution in [2.45, 2.75) is 29.4 Å². The third kappa shape index (κ3) is 10.1. The molecule has 0 saturated carbocycles. The first-order valence-electron chi connectivity index (χ1n) is 17.9. The van der Waals surface area contributed by atoms with Crippen LogP contribution in [0.25, 0.3) is 0 Å². The van der Waals surface area contributed by atoms with E-state index in [-0.39, 0.29) is 45.3 Å². The minimum absolute atomic E-state index is 0.00136. The number of rotatable bonds is 17. The van der Waals surface area contributed by atoms with Crippen LogP contribution < -0.4 is 37.9 Å². The summed E-state index contributed by atoms with van der Waals surface area (Å²) in [5.74, 6) is -1.27. The minimum Gasteiger partial charge on any atom is -0.493 e. The topological polar surface area (TPSA) is 188 Å². The van der Waals surface area contributed by atoms with Crippen molar-refractivity contribution < 1.29 is 80.8 Å². The molecule has 5 rings (SSSR count). The maximum absolute atomic E-state index is 14.0. The number of carbonyl (C=O) groups is 4. The number of esters is 4. The van der Waals surface area contributed by atoms with Crippen molar-refractivity contribution in [1.82, 2.24) is 0 Å². The average Bonchev–Trinajstić information content (AvgIpc) is 3.28. The van der Waals surface area contributed by atoms with E-state index in [4.69, 9.17) is 61.6 Å². The first-order chi connectivity index (χ1) is 28.9. The molecule has 0 aromatic heterocycles. The summed E-state index contributed by atoms with van der Waals surface area (Å²) in [6.07, 6.45) is -6.08. The van der Waals surface area contributed by atoms with Crippen LogP contribution in [-0.4, -0.2) is 117 Å². The second-order valence-electron chi connectivity index (χ2n) is 12.5. The molecule has 1 heterocycles. The minimum atomic E-state index is -1.62. The molecule has 18 heteroatoms. The standard InChI is InChI=1S/C42H43BrO17/c1-48-26-13-9-22(17-30(26)52-5)39(44)56-21-34-35(58-40(45)23-10-14-27(49-2)31(18-23)53-6)36(59-41(46)24-11-15-28(50-3)32(19-24)54-7)37(38(43)57-34)60-42(47)25-12-16-29(51-4)33(20-25)55-8/h9-20,34-38H,21H2,1-8H3/t34-,35-,36+,37-,38?/m1/s1. The second-order valence-corrected chi connectivity index (χ2v) is 13.4. The average molecular weight is 900 g/mol. The monoisotopic (exact) mass is 898 g/mol. The van der Waals surface area contributed by atoms with Gasteiger partial charge < -0.3 is 61.6 Å². The third-order valence-corrected chi connectivity index (χ3v) is 9.90. The zero-order valence-corrected chi connectivity index (χ0v) is 35.4. The van der Waals surface area contributed by atoms with Gasteiger partial charge in [-0.1, -0.05) is 15.9 Å². The zero-order valence-electron chi connectivity index (χ0n) is 33.8. The summed E-state index contributed by atoms with van der Waals surface area (Å²) in [5, 5.41) is -1.24. The number of hydrogen-bond acceptors (Lipinski definition) is 17. The predicted molar refractivity (Wildman–Crippen MR) is 214 cm³/mol. The van der Waals surface area contributed by atoms with E-state index in [0.717, 1.165) is 0 Å². The maximum Gasteiger partial charge on any atom is 0.338 e. The third-order valence-electron chi connectivity index (χ3n) is 9.16. The molecule has 320 valence electrons. The van der Waals surface area contributed by atoms with E-state index < -0.39 is 59.9 Å². The lowest BCUT2D eigenvalue weighted by Gasteiger charge is -2.43. The smallest absolute Gasteiger partial charge is 0.338 e. The first-order valence-corrected chi connectivity index (χ1v) is 18.8. The van der Waals surface area contributed by atoms with Gasteiger partial charge in [0.2, 0.25) is 0 Å². The lowest BCUT2D eigenvalue weighted by molar-refractivity contribution is -0.205. The molecule has 17 nitrogen and oxygen atoms in total. The Morgan fingerprint density at radius 3 is 1.07 bits per heavy atom. The number of halogens is 1. The summed E-state index contributed by atoms with van der Waals surface area (Å²) in [5.41, 5.74) is 0.119. The van der Waals surface area contributed by atoms with Crippen LogP contribution in [0.5, 0.6) is 46.0 Å². The van der Waals surface area contributed by atoms with E-state index in [0.29, 0.717) is 23.0 Å². The van der Waals surface area contributed by atoms with Crippen molar-refractivity contribution in [3.05, 3.63) is 95.1 Å². The van der Waals surface area contributed by atoms with Gasteiger partial charge in [-0.05, 0) is 72.8 Å². The Kier molecular flexibility index (Phi) is 15.3. The molecule has 0 aliphatic carbocycles. The van der Waals surface area contributed by atoms with E-state index in [1.165, 1.54) is 130 Å². The summed E-state index contributed by atoms with van der Waals surface area (Å²) in [7, 11) is 11.3. The SMILES string of the molecule is COc1ccc(C(=O)OC[C@H]2OC(Br)[C@H](OC(=O)c3ccc(OC)c(OC)c3)[C@@H](OC(=O)c3ccc(OC)c(OC)c3)[C@@H]2OC(=O)c2ccc(OC)c(OC)c2)cc1OC. The fourth-order valence-electron chi connectivity index (χ4n) is 6.07. The summed E-state index contributed by atoms with van der Waals surface area (Å²) in [4.78, 5) is 55.3. The van der Waals surface area contributed by atoms with Crippen molar-refractivity contribution in [1.29, 1.82) is 0 Å². The Bertz CT molecular complexity index is 2170. The van der Waals surface area contributed by atoms with E-state index in [9.17, 15) is 19.2 Å². The molecule has 4 aromatic rings. The quantitative estimate of drug-likeness (QED) is 0.0712. The van der Waals surface area contributed by atoms with Crippen LogP contribution in [0.3, 0.4) is 0 Å². The molecule has 1 aliphatic rings. The first kappa shape index (κ1) is 44.7. The molecule has 1 saturated heterocycles. The molecule has 0 radical (unpaired) electrons. The summed E-state index contributed by atoms with van der Waals surface area (Å²) < 4.78 is 72.7. The molecule has 4 aromatic carbocycles. The normalized spacial score (nSPS) is 18.2.